The van der Waals surface area contributed by atoms with E-state index in [1.807, 2.05) is 30.3 Å². The second kappa shape index (κ2) is 9.99. The van der Waals surface area contributed by atoms with Crippen molar-refractivity contribution in [1.82, 2.24) is 4.57 Å². The van der Waals surface area contributed by atoms with Crippen LogP contribution in [-0.4, -0.2) is 32.5 Å². The lowest BCUT2D eigenvalue weighted by Crippen LogP contribution is -2.38. The number of nitrogens with one attached hydrogen (secondary N) is 1. The summed E-state index contributed by atoms with van der Waals surface area (Å²) in [7, 11) is -2.46. The number of hydrogen-bond acceptors (Lipinski definition) is 4. The Morgan fingerprint density at radius 2 is 1.54 bits per heavy atom. The van der Waals surface area contributed by atoms with E-state index in [9.17, 15) is 13.2 Å². The highest BCUT2D eigenvalue weighted by atomic mass is 32.2. The van der Waals surface area contributed by atoms with Gasteiger partial charge in [-0.3, -0.25) is 9.10 Å². The number of nitrogens with zero attached hydrogens (tertiary/aromatic N) is 2. The highest BCUT2D eigenvalue weighted by molar-refractivity contribution is 7.92. The Morgan fingerprint density at radius 1 is 0.865 bits per heavy atom. The van der Waals surface area contributed by atoms with Crippen LogP contribution in [0.5, 0.6) is 5.75 Å². The Labute approximate surface area is 215 Å². The topological polar surface area (TPSA) is 80.6 Å². The first-order valence-corrected chi connectivity index (χ1v) is 13.4. The maximum absolute atomic E-state index is 13.5. The minimum atomic E-state index is -4.00. The van der Waals surface area contributed by atoms with E-state index in [0.29, 0.717) is 17.1 Å². The van der Waals surface area contributed by atoms with Crippen LogP contribution in [0.4, 0.5) is 11.4 Å². The molecule has 5 rings (SSSR count). The van der Waals surface area contributed by atoms with Crippen molar-refractivity contribution in [3.05, 3.63) is 97.1 Å². The molecule has 1 N–H and O–H groups in total. The Bertz CT molecular complexity index is 1680. The van der Waals surface area contributed by atoms with Crippen LogP contribution in [-0.2, 0) is 21.4 Å². The van der Waals surface area contributed by atoms with Gasteiger partial charge < -0.3 is 14.6 Å². The molecule has 0 atom stereocenters. The zero-order valence-corrected chi connectivity index (χ0v) is 21.4. The van der Waals surface area contributed by atoms with Crippen LogP contribution in [0.15, 0.2) is 102 Å². The number of rotatable bonds is 8. The fourth-order valence-electron chi connectivity index (χ4n) is 4.59. The first kappa shape index (κ1) is 24.4. The number of benzene rings is 4. The molecule has 8 heteroatoms. The van der Waals surface area contributed by atoms with Crippen LogP contribution >= 0.6 is 0 Å². The first-order chi connectivity index (χ1) is 17.9. The zero-order chi connectivity index (χ0) is 26.0. The molecule has 0 aliphatic rings. The van der Waals surface area contributed by atoms with Crippen molar-refractivity contribution in [3.63, 3.8) is 0 Å². The molecule has 1 amide bonds. The number of amides is 1. The number of carbonyl (C=O) groups excluding carboxylic acids is 1. The van der Waals surface area contributed by atoms with Gasteiger partial charge in [0.2, 0.25) is 5.91 Å². The summed E-state index contributed by atoms with van der Waals surface area (Å²) in [5.41, 5.74) is 3.17. The molecule has 5 aromatic rings. The summed E-state index contributed by atoms with van der Waals surface area (Å²) in [6, 6.07) is 28.6. The van der Waals surface area contributed by atoms with E-state index in [2.05, 4.69) is 28.9 Å². The molecule has 7 nitrogen and oxygen atoms in total. The summed E-state index contributed by atoms with van der Waals surface area (Å²) in [4.78, 5) is 13.3. The number of methoxy groups -OCH3 is 1. The van der Waals surface area contributed by atoms with Crippen LogP contribution < -0.4 is 14.4 Å². The van der Waals surface area contributed by atoms with Gasteiger partial charge in [0.15, 0.2) is 0 Å². The van der Waals surface area contributed by atoms with E-state index in [0.717, 1.165) is 32.7 Å². The molecule has 4 aromatic carbocycles. The molecule has 188 valence electrons. The van der Waals surface area contributed by atoms with Crippen LogP contribution in [0.25, 0.3) is 21.8 Å². The van der Waals surface area contributed by atoms with Gasteiger partial charge in [-0.2, -0.15) is 0 Å². The Hall–Kier alpha value is -4.30. The summed E-state index contributed by atoms with van der Waals surface area (Å²) in [5, 5.41) is 5.02. The SMILES string of the molecule is CCn1c2ccccc2c2cc(NC(=O)CN(c3ccc(OC)cc3)S(=O)(=O)c3ccccc3)ccc21. The lowest BCUT2D eigenvalue weighted by Gasteiger charge is -2.24. The molecule has 0 unspecified atom stereocenters. The highest BCUT2D eigenvalue weighted by Crippen LogP contribution is 2.31. The highest BCUT2D eigenvalue weighted by Gasteiger charge is 2.27. The number of hydrogen-bond donors (Lipinski definition) is 1. The number of anilines is 2. The van der Waals surface area contributed by atoms with Crippen molar-refractivity contribution in [2.45, 2.75) is 18.4 Å². The van der Waals surface area contributed by atoms with E-state index in [1.165, 1.54) is 19.2 Å². The third-order valence-electron chi connectivity index (χ3n) is 6.35. The minimum absolute atomic E-state index is 0.104. The second-order valence-electron chi connectivity index (χ2n) is 8.56. The fourth-order valence-corrected chi connectivity index (χ4v) is 6.03. The summed E-state index contributed by atoms with van der Waals surface area (Å²) in [5.74, 6) is 0.138. The standard InChI is InChI=1S/C29H27N3O4S/c1-3-31-27-12-8-7-11-25(27)26-19-21(13-18-28(26)31)30-29(33)20-32(22-14-16-23(36-2)17-15-22)37(34,35)24-9-5-4-6-10-24/h4-19H,3,20H2,1-2H3,(H,30,33). The van der Waals surface area contributed by atoms with Gasteiger partial charge in [0, 0.05) is 34.0 Å². The van der Waals surface area contributed by atoms with E-state index >= 15 is 0 Å². The van der Waals surface area contributed by atoms with Gasteiger partial charge in [0.05, 0.1) is 17.7 Å². The third kappa shape index (κ3) is 4.63. The molecular weight excluding hydrogens is 486 g/mol. The van der Waals surface area contributed by atoms with Gasteiger partial charge in [-0.05, 0) is 67.6 Å². The third-order valence-corrected chi connectivity index (χ3v) is 8.14. The molecule has 37 heavy (non-hydrogen) atoms. The summed E-state index contributed by atoms with van der Waals surface area (Å²) in [6.07, 6.45) is 0. The molecule has 0 bridgehead atoms. The van der Waals surface area contributed by atoms with E-state index in [-0.39, 0.29) is 4.90 Å². The van der Waals surface area contributed by atoms with E-state index in [4.69, 9.17) is 4.74 Å². The predicted molar refractivity (Wildman–Crippen MR) is 148 cm³/mol. The summed E-state index contributed by atoms with van der Waals surface area (Å²) < 4.78 is 35.6. The molecule has 0 saturated heterocycles. The Morgan fingerprint density at radius 3 is 2.24 bits per heavy atom. The van der Waals surface area contributed by atoms with Gasteiger partial charge in [-0.25, -0.2) is 8.42 Å². The van der Waals surface area contributed by atoms with Crippen LogP contribution in [0.1, 0.15) is 6.92 Å². The van der Waals surface area contributed by atoms with Gasteiger partial charge in [-0.15, -0.1) is 0 Å². The van der Waals surface area contributed by atoms with Gasteiger partial charge >= 0.3 is 0 Å². The molecule has 0 aliphatic carbocycles. The maximum Gasteiger partial charge on any atom is 0.264 e. The van der Waals surface area contributed by atoms with Crippen LogP contribution in [0.3, 0.4) is 0 Å². The quantitative estimate of drug-likeness (QED) is 0.290. The lowest BCUT2D eigenvalue weighted by atomic mass is 10.1. The summed E-state index contributed by atoms with van der Waals surface area (Å²) in [6.45, 7) is 2.53. The Kier molecular flexibility index (Phi) is 6.58. The van der Waals surface area contributed by atoms with Crippen molar-refractivity contribution in [1.29, 1.82) is 0 Å². The molecule has 1 heterocycles. The van der Waals surface area contributed by atoms with Crippen molar-refractivity contribution in [2.24, 2.45) is 0 Å². The molecule has 1 aromatic heterocycles. The fraction of sp³-hybridized carbons (Fsp3) is 0.138. The predicted octanol–water partition coefficient (Wildman–Crippen LogP) is 5.66. The molecule has 0 aliphatic heterocycles. The smallest absolute Gasteiger partial charge is 0.264 e. The van der Waals surface area contributed by atoms with Crippen molar-refractivity contribution in [2.75, 3.05) is 23.3 Å². The van der Waals surface area contributed by atoms with Crippen molar-refractivity contribution >= 4 is 49.1 Å². The van der Waals surface area contributed by atoms with Gasteiger partial charge in [0.25, 0.3) is 10.0 Å². The molecular formula is C29H27N3O4S. The van der Waals surface area contributed by atoms with E-state index in [1.54, 1.807) is 42.5 Å². The van der Waals surface area contributed by atoms with Gasteiger partial charge in [0.1, 0.15) is 12.3 Å². The molecule has 0 radical (unpaired) electrons. The molecule has 0 fully saturated rings. The zero-order valence-electron chi connectivity index (χ0n) is 20.6. The minimum Gasteiger partial charge on any atom is -0.497 e. The van der Waals surface area contributed by atoms with Crippen LogP contribution in [0.2, 0.25) is 0 Å². The lowest BCUT2D eigenvalue weighted by molar-refractivity contribution is -0.114. The van der Waals surface area contributed by atoms with Crippen LogP contribution in [0, 0.1) is 0 Å². The second-order valence-corrected chi connectivity index (χ2v) is 10.4. The average Bonchev–Trinajstić information content (AvgIpc) is 3.25. The normalized spacial score (nSPS) is 11.5. The number of sulfonamides is 1. The monoisotopic (exact) mass is 513 g/mol. The van der Waals surface area contributed by atoms with Crippen molar-refractivity contribution in [3.8, 4) is 5.75 Å². The molecule has 0 spiro atoms. The maximum atomic E-state index is 13.5. The molecule has 0 saturated carbocycles. The number of aromatic nitrogens is 1. The summed E-state index contributed by atoms with van der Waals surface area (Å²) >= 11 is 0. The number of fused-ring (bicyclic) bond motifs is 3. The number of aryl methyl sites for hydroxylation is 1. The number of para-hydroxylation sites is 1. The largest absolute Gasteiger partial charge is 0.497 e. The van der Waals surface area contributed by atoms with E-state index < -0.39 is 22.5 Å². The van der Waals surface area contributed by atoms with Gasteiger partial charge in [-0.1, -0.05) is 36.4 Å². The Balaban J connectivity index is 1.47. The first-order valence-electron chi connectivity index (χ1n) is 11.9. The van der Waals surface area contributed by atoms with Crippen molar-refractivity contribution < 1.29 is 17.9 Å². The number of ether oxygens (including phenoxy) is 1. The average molecular weight is 514 g/mol. The number of carbonyl (C=O) groups is 1.